The number of methoxy groups -OCH3 is 3. The Morgan fingerprint density at radius 3 is 2.07 bits per heavy atom. The molecule has 0 heterocycles. The Labute approximate surface area is 163 Å². The second-order valence-corrected chi connectivity index (χ2v) is 5.85. The van der Waals surface area contributed by atoms with Gasteiger partial charge in [-0.15, -0.1) is 0 Å². The van der Waals surface area contributed by atoms with E-state index in [-0.39, 0.29) is 11.9 Å². The number of carbonyl (C=O) groups is 2. The predicted octanol–water partition coefficient (Wildman–Crippen LogP) is 2.67. The molecule has 0 aliphatic rings. The summed E-state index contributed by atoms with van der Waals surface area (Å²) < 4.78 is 20.9. The van der Waals surface area contributed by atoms with Crippen molar-refractivity contribution in [1.82, 2.24) is 5.32 Å². The van der Waals surface area contributed by atoms with Crippen molar-refractivity contribution in [3.05, 3.63) is 47.5 Å². The number of carboxylic acids is 1. The molecule has 0 radical (unpaired) electrons. The molecule has 0 spiro atoms. The molecule has 0 aromatic heterocycles. The van der Waals surface area contributed by atoms with Gasteiger partial charge in [-0.2, -0.15) is 0 Å². The molecule has 0 aliphatic carbocycles. The van der Waals surface area contributed by atoms with Crippen molar-refractivity contribution in [3.8, 4) is 23.0 Å². The van der Waals surface area contributed by atoms with Gasteiger partial charge in [0.05, 0.1) is 32.9 Å². The third-order valence-electron chi connectivity index (χ3n) is 4.04. The van der Waals surface area contributed by atoms with Gasteiger partial charge in [0.2, 0.25) is 0 Å². The fourth-order valence-corrected chi connectivity index (χ4v) is 2.56. The van der Waals surface area contributed by atoms with Crippen LogP contribution in [0.25, 0.3) is 0 Å². The summed E-state index contributed by atoms with van der Waals surface area (Å²) in [5, 5.41) is 11.5. The zero-order chi connectivity index (χ0) is 20.7. The fraction of sp³-hybridized carbons (Fsp3) is 0.300. The van der Waals surface area contributed by atoms with Crippen LogP contribution < -0.4 is 24.3 Å². The lowest BCUT2D eigenvalue weighted by atomic mass is 10.1. The molecule has 0 aliphatic heterocycles. The molecule has 1 atom stereocenters. The van der Waals surface area contributed by atoms with E-state index in [9.17, 15) is 9.59 Å². The van der Waals surface area contributed by atoms with Gasteiger partial charge >= 0.3 is 5.97 Å². The summed E-state index contributed by atoms with van der Waals surface area (Å²) in [6, 6.07) is 9.66. The highest BCUT2D eigenvalue weighted by Gasteiger charge is 2.19. The van der Waals surface area contributed by atoms with Crippen molar-refractivity contribution in [2.45, 2.75) is 13.0 Å². The van der Waals surface area contributed by atoms with Crippen molar-refractivity contribution in [2.75, 3.05) is 27.9 Å². The van der Waals surface area contributed by atoms with E-state index in [0.29, 0.717) is 28.6 Å². The highest BCUT2D eigenvalue weighted by Crippen LogP contribution is 2.34. The monoisotopic (exact) mass is 389 g/mol. The van der Waals surface area contributed by atoms with Crippen LogP contribution in [-0.2, 0) is 4.79 Å². The molecule has 150 valence electrons. The Morgan fingerprint density at radius 1 is 0.964 bits per heavy atom. The molecule has 8 heteroatoms. The van der Waals surface area contributed by atoms with E-state index in [1.165, 1.54) is 21.3 Å². The molecule has 1 unspecified atom stereocenters. The lowest BCUT2D eigenvalue weighted by molar-refractivity contribution is -0.139. The first kappa shape index (κ1) is 20.9. The van der Waals surface area contributed by atoms with Crippen LogP contribution in [0.1, 0.15) is 28.9 Å². The molecule has 2 rings (SSSR count). The molecular weight excluding hydrogens is 366 g/mol. The highest BCUT2D eigenvalue weighted by atomic mass is 16.5. The normalized spacial score (nSPS) is 11.3. The summed E-state index contributed by atoms with van der Waals surface area (Å²) in [6.07, 6.45) is 0. The molecule has 28 heavy (non-hydrogen) atoms. The number of nitrogens with one attached hydrogen (secondary N) is 1. The van der Waals surface area contributed by atoms with Crippen molar-refractivity contribution in [1.29, 1.82) is 0 Å². The number of hydrogen-bond acceptors (Lipinski definition) is 6. The van der Waals surface area contributed by atoms with Crippen LogP contribution in [0.15, 0.2) is 36.4 Å². The van der Waals surface area contributed by atoms with Gasteiger partial charge < -0.3 is 29.4 Å². The summed E-state index contributed by atoms with van der Waals surface area (Å²) in [4.78, 5) is 23.3. The number of aliphatic carboxylic acids is 1. The van der Waals surface area contributed by atoms with Gasteiger partial charge in [0, 0.05) is 12.1 Å². The fourth-order valence-electron chi connectivity index (χ4n) is 2.56. The third kappa shape index (κ3) is 5.06. The first-order valence-corrected chi connectivity index (χ1v) is 8.45. The number of benzene rings is 2. The Hall–Kier alpha value is -3.42. The minimum Gasteiger partial charge on any atom is -0.496 e. The maximum atomic E-state index is 12.7. The molecular formula is C20H23NO7. The summed E-state index contributed by atoms with van der Waals surface area (Å²) in [5.41, 5.74) is 1.14. The molecule has 2 N–H and O–H groups in total. The molecule has 8 nitrogen and oxygen atoms in total. The third-order valence-corrected chi connectivity index (χ3v) is 4.04. The SMILES string of the molecule is COc1cc(OC)c(C(=O)NC(C)c2ccc(OCC(=O)O)cc2)cc1OC. The van der Waals surface area contributed by atoms with E-state index in [1.807, 2.05) is 6.92 Å². The summed E-state index contributed by atoms with van der Waals surface area (Å²) in [5.74, 6) is 0.290. The molecule has 0 saturated heterocycles. The number of ether oxygens (including phenoxy) is 4. The van der Waals surface area contributed by atoms with E-state index < -0.39 is 12.6 Å². The second-order valence-electron chi connectivity index (χ2n) is 5.85. The largest absolute Gasteiger partial charge is 0.496 e. The van der Waals surface area contributed by atoms with Crippen LogP contribution in [0.3, 0.4) is 0 Å². The number of carbonyl (C=O) groups excluding carboxylic acids is 1. The maximum absolute atomic E-state index is 12.7. The average Bonchev–Trinajstić information content (AvgIpc) is 2.71. The molecule has 1 amide bonds. The van der Waals surface area contributed by atoms with Crippen LogP contribution >= 0.6 is 0 Å². The van der Waals surface area contributed by atoms with Crippen molar-refractivity contribution < 1.29 is 33.6 Å². The van der Waals surface area contributed by atoms with Crippen LogP contribution in [0.4, 0.5) is 0 Å². The van der Waals surface area contributed by atoms with Gasteiger partial charge in [0.1, 0.15) is 11.5 Å². The first-order chi connectivity index (χ1) is 13.4. The van der Waals surface area contributed by atoms with Gasteiger partial charge in [-0.25, -0.2) is 4.79 Å². The molecule has 2 aromatic rings. The minimum atomic E-state index is -1.05. The summed E-state index contributed by atoms with van der Waals surface area (Å²) >= 11 is 0. The Bertz CT molecular complexity index is 833. The van der Waals surface area contributed by atoms with Crippen LogP contribution in [0, 0.1) is 0 Å². The maximum Gasteiger partial charge on any atom is 0.341 e. The van der Waals surface area contributed by atoms with E-state index in [4.69, 9.17) is 24.1 Å². The van der Waals surface area contributed by atoms with Gasteiger partial charge in [-0.3, -0.25) is 4.79 Å². The van der Waals surface area contributed by atoms with Gasteiger partial charge in [-0.1, -0.05) is 12.1 Å². The summed E-state index contributed by atoms with van der Waals surface area (Å²) in [7, 11) is 4.46. The number of rotatable bonds is 9. The van der Waals surface area contributed by atoms with Crippen LogP contribution in [0.5, 0.6) is 23.0 Å². The van der Waals surface area contributed by atoms with Crippen molar-refractivity contribution in [3.63, 3.8) is 0 Å². The number of amides is 1. The Balaban J connectivity index is 2.14. The topological polar surface area (TPSA) is 103 Å². The first-order valence-electron chi connectivity index (χ1n) is 8.45. The minimum absolute atomic E-state index is 0.307. The smallest absolute Gasteiger partial charge is 0.341 e. The van der Waals surface area contributed by atoms with E-state index in [2.05, 4.69) is 5.32 Å². The highest BCUT2D eigenvalue weighted by molar-refractivity contribution is 5.98. The number of hydrogen-bond donors (Lipinski definition) is 2. The second kappa shape index (κ2) is 9.50. The summed E-state index contributed by atoms with van der Waals surface area (Å²) in [6.45, 7) is 1.42. The average molecular weight is 389 g/mol. The van der Waals surface area contributed by atoms with Crippen LogP contribution in [0.2, 0.25) is 0 Å². The van der Waals surface area contributed by atoms with Gasteiger partial charge in [-0.05, 0) is 24.6 Å². The number of carboxylic acid groups (broad SMARTS) is 1. The van der Waals surface area contributed by atoms with Crippen molar-refractivity contribution >= 4 is 11.9 Å². The molecule has 0 fully saturated rings. The predicted molar refractivity (Wildman–Crippen MR) is 102 cm³/mol. The lowest BCUT2D eigenvalue weighted by Gasteiger charge is -2.17. The van der Waals surface area contributed by atoms with Gasteiger partial charge in [0.15, 0.2) is 18.1 Å². The zero-order valence-electron chi connectivity index (χ0n) is 16.1. The Kier molecular flexibility index (Phi) is 7.08. The van der Waals surface area contributed by atoms with E-state index in [1.54, 1.807) is 36.4 Å². The van der Waals surface area contributed by atoms with Crippen molar-refractivity contribution in [2.24, 2.45) is 0 Å². The molecule has 0 saturated carbocycles. The Morgan fingerprint density at radius 2 is 1.54 bits per heavy atom. The molecule has 2 aromatic carbocycles. The standard InChI is InChI=1S/C20H23NO7/c1-12(13-5-7-14(8-6-13)28-11-19(22)23)21-20(24)15-9-17(26-3)18(27-4)10-16(15)25-2/h5-10,12H,11H2,1-4H3,(H,21,24)(H,22,23). The molecule has 0 bridgehead atoms. The van der Waals surface area contributed by atoms with E-state index >= 15 is 0 Å². The zero-order valence-corrected chi connectivity index (χ0v) is 16.1. The lowest BCUT2D eigenvalue weighted by Crippen LogP contribution is -2.27. The quantitative estimate of drug-likeness (QED) is 0.679. The van der Waals surface area contributed by atoms with E-state index in [0.717, 1.165) is 5.56 Å². The van der Waals surface area contributed by atoms with Gasteiger partial charge in [0.25, 0.3) is 5.91 Å². The van der Waals surface area contributed by atoms with Crippen LogP contribution in [-0.4, -0.2) is 44.9 Å².